The zero-order valence-corrected chi connectivity index (χ0v) is 14.4. The van der Waals surface area contributed by atoms with Crippen molar-refractivity contribution >= 4 is 10.0 Å². The summed E-state index contributed by atoms with van der Waals surface area (Å²) >= 11 is 0. The number of nitrogens with one attached hydrogen (secondary N) is 1. The fraction of sp³-hybridized carbons (Fsp3) is 0.353. The van der Waals surface area contributed by atoms with Crippen LogP contribution in [0.3, 0.4) is 0 Å². The van der Waals surface area contributed by atoms with Gasteiger partial charge >= 0.3 is 0 Å². The first-order chi connectivity index (χ1) is 11.6. The molecule has 2 heterocycles. The van der Waals surface area contributed by atoms with Gasteiger partial charge in [-0.1, -0.05) is 24.3 Å². The van der Waals surface area contributed by atoms with Crippen LogP contribution in [0.5, 0.6) is 5.88 Å². The normalized spacial score (nSPS) is 18.6. The third-order valence-corrected chi connectivity index (χ3v) is 5.60. The lowest BCUT2D eigenvalue weighted by Crippen LogP contribution is -2.36. The van der Waals surface area contributed by atoms with Crippen molar-refractivity contribution in [1.29, 1.82) is 0 Å². The number of methoxy groups -OCH3 is 1. The molecule has 1 unspecified atom stereocenters. The molecule has 1 saturated heterocycles. The lowest BCUT2D eigenvalue weighted by molar-refractivity contribution is 0.323. The Balaban J connectivity index is 1.57. The van der Waals surface area contributed by atoms with E-state index < -0.39 is 10.0 Å². The highest BCUT2D eigenvalue weighted by molar-refractivity contribution is 7.89. The minimum absolute atomic E-state index is 0.0681. The molecule has 6 nitrogen and oxygen atoms in total. The van der Waals surface area contributed by atoms with Crippen LogP contribution < -0.4 is 9.46 Å². The number of hydrogen-bond donors (Lipinski definition) is 1. The molecule has 1 aliphatic heterocycles. The Bertz CT molecular complexity index is 763. The highest BCUT2D eigenvalue weighted by Crippen LogP contribution is 2.17. The minimum Gasteiger partial charge on any atom is -0.481 e. The number of sulfonamides is 1. The van der Waals surface area contributed by atoms with Crippen molar-refractivity contribution in [2.24, 2.45) is 0 Å². The van der Waals surface area contributed by atoms with E-state index in [1.807, 2.05) is 12.1 Å². The smallest absolute Gasteiger partial charge is 0.240 e. The summed E-state index contributed by atoms with van der Waals surface area (Å²) in [5.41, 5.74) is 1.09. The lowest BCUT2D eigenvalue weighted by Gasteiger charge is -2.17. The van der Waals surface area contributed by atoms with Crippen LogP contribution in [0.25, 0.3) is 0 Å². The van der Waals surface area contributed by atoms with E-state index >= 15 is 0 Å². The van der Waals surface area contributed by atoms with E-state index in [0.717, 1.165) is 25.1 Å². The second kappa shape index (κ2) is 7.29. The van der Waals surface area contributed by atoms with E-state index in [0.29, 0.717) is 17.3 Å². The van der Waals surface area contributed by atoms with Gasteiger partial charge in [-0.3, -0.25) is 4.90 Å². The maximum Gasteiger partial charge on any atom is 0.240 e. The predicted molar refractivity (Wildman–Crippen MR) is 91.2 cm³/mol. The number of pyridine rings is 1. The van der Waals surface area contributed by atoms with Crippen LogP contribution in [0.15, 0.2) is 53.6 Å². The molecule has 1 aromatic heterocycles. The standard InChI is InChI=1S/C17H21N3O3S/c1-23-17-8-7-14(11-18-17)12-20-10-9-15(13-20)19-24(21,22)16-5-3-2-4-6-16/h2-8,11,15,19H,9-10,12-13H2,1H3. The van der Waals surface area contributed by atoms with Crippen LogP contribution in [-0.2, 0) is 16.6 Å². The third kappa shape index (κ3) is 4.11. The van der Waals surface area contributed by atoms with Gasteiger partial charge in [0, 0.05) is 37.9 Å². The first-order valence-electron chi connectivity index (χ1n) is 7.85. The van der Waals surface area contributed by atoms with E-state index in [2.05, 4.69) is 14.6 Å². The number of likely N-dealkylation sites (tertiary alicyclic amines) is 1. The van der Waals surface area contributed by atoms with Crippen LogP contribution in [0.1, 0.15) is 12.0 Å². The molecule has 24 heavy (non-hydrogen) atoms. The number of hydrogen-bond acceptors (Lipinski definition) is 5. The van der Waals surface area contributed by atoms with E-state index in [1.165, 1.54) is 0 Å². The SMILES string of the molecule is COc1ccc(CN2CCC(NS(=O)(=O)c3ccccc3)C2)cn1. The highest BCUT2D eigenvalue weighted by Gasteiger charge is 2.27. The summed E-state index contributed by atoms with van der Waals surface area (Å²) in [6, 6.07) is 12.2. The van der Waals surface area contributed by atoms with Crippen molar-refractivity contribution < 1.29 is 13.2 Å². The van der Waals surface area contributed by atoms with Crippen LogP contribution >= 0.6 is 0 Å². The molecule has 0 saturated carbocycles. The summed E-state index contributed by atoms with van der Waals surface area (Å²) < 4.78 is 32.6. The Morgan fingerprint density at radius 2 is 2.04 bits per heavy atom. The van der Waals surface area contributed by atoms with Crippen molar-refractivity contribution in [3.63, 3.8) is 0 Å². The van der Waals surface area contributed by atoms with E-state index in [-0.39, 0.29) is 6.04 Å². The minimum atomic E-state index is -3.45. The van der Waals surface area contributed by atoms with Gasteiger partial charge in [0.05, 0.1) is 12.0 Å². The Labute approximate surface area is 142 Å². The Morgan fingerprint density at radius 3 is 2.71 bits per heavy atom. The van der Waals surface area contributed by atoms with Crippen LogP contribution in [0.4, 0.5) is 0 Å². The molecule has 0 radical (unpaired) electrons. The molecule has 1 aromatic carbocycles. The van der Waals surface area contributed by atoms with Crippen molar-refractivity contribution in [3.05, 3.63) is 54.2 Å². The van der Waals surface area contributed by atoms with Gasteiger partial charge in [0.2, 0.25) is 15.9 Å². The molecular weight excluding hydrogens is 326 g/mol. The van der Waals surface area contributed by atoms with E-state index in [1.54, 1.807) is 43.6 Å². The fourth-order valence-electron chi connectivity index (χ4n) is 2.84. The molecule has 128 valence electrons. The number of nitrogens with zero attached hydrogens (tertiary/aromatic N) is 2. The van der Waals surface area contributed by atoms with Crippen molar-refractivity contribution in [3.8, 4) is 5.88 Å². The molecular formula is C17H21N3O3S. The monoisotopic (exact) mass is 347 g/mol. The Morgan fingerprint density at radius 1 is 1.25 bits per heavy atom. The van der Waals surface area contributed by atoms with Gasteiger partial charge in [-0.2, -0.15) is 0 Å². The molecule has 7 heteroatoms. The number of benzene rings is 1. The van der Waals surface area contributed by atoms with Crippen LogP contribution in [0, 0.1) is 0 Å². The largest absolute Gasteiger partial charge is 0.481 e. The third-order valence-electron chi connectivity index (χ3n) is 4.06. The van der Waals surface area contributed by atoms with Crippen LogP contribution in [0.2, 0.25) is 0 Å². The van der Waals surface area contributed by atoms with Crippen molar-refractivity contribution in [2.45, 2.75) is 23.9 Å². The quantitative estimate of drug-likeness (QED) is 0.860. The molecule has 0 amide bonds. The van der Waals surface area contributed by atoms with Gasteiger partial charge in [-0.25, -0.2) is 18.1 Å². The maximum absolute atomic E-state index is 12.4. The van der Waals surface area contributed by atoms with Crippen molar-refractivity contribution in [1.82, 2.24) is 14.6 Å². The molecule has 1 atom stereocenters. The summed E-state index contributed by atoms with van der Waals surface area (Å²) in [5.74, 6) is 0.591. The highest BCUT2D eigenvalue weighted by atomic mass is 32.2. The summed E-state index contributed by atoms with van der Waals surface area (Å²) in [6.07, 6.45) is 2.59. The molecule has 1 N–H and O–H groups in total. The predicted octanol–water partition coefficient (Wildman–Crippen LogP) is 1.64. The topological polar surface area (TPSA) is 71.5 Å². The molecule has 0 aliphatic carbocycles. The average Bonchev–Trinajstić information content (AvgIpc) is 3.02. The molecule has 0 bridgehead atoms. The first kappa shape index (κ1) is 16.9. The Kier molecular flexibility index (Phi) is 5.13. The maximum atomic E-state index is 12.4. The summed E-state index contributed by atoms with van der Waals surface area (Å²) in [7, 11) is -1.87. The van der Waals surface area contributed by atoms with Crippen molar-refractivity contribution in [2.75, 3.05) is 20.2 Å². The van der Waals surface area contributed by atoms with Gasteiger partial charge in [-0.15, -0.1) is 0 Å². The summed E-state index contributed by atoms with van der Waals surface area (Å²) in [5, 5.41) is 0. The molecule has 1 aliphatic rings. The van der Waals surface area contributed by atoms with E-state index in [4.69, 9.17) is 4.74 Å². The van der Waals surface area contributed by atoms with Gasteiger partial charge in [0.15, 0.2) is 0 Å². The molecule has 3 rings (SSSR count). The fourth-order valence-corrected chi connectivity index (χ4v) is 4.13. The number of rotatable bonds is 6. The number of ether oxygens (including phenoxy) is 1. The van der Waals surface area contributed by atoms with Gasteiger partial charge in [-0.05, 0) is 24.1 Å². The first-order valence-corrected chi connectivity index (χ1v) is 9.34. The molecule has 2 aromatic rings. The van der Waals surface area contributed by atoms with E-state index in [9.17, 15) is 8.42 Å². The summed E-state index contributed by atoms with van der Waals surface area (Å²) in [4.78, 5) is 6.73. The summed E-state index contributed by atoms with van der Waals surface area (Å²) in [6.45, 7) is 2.30. The molecule has 0 spiro atoms. The second-order valence-corrected chi connectivity index (χ2v) is 7.58. The Hall–Kier alpha value is -1.96. The molecule has 1 fully saturated rings. The second-order valence-electron chi connectivity index (χ2n) is 5.86. The van der Waals surface area contributed by atoms with Crippen LogP contribution in [-0.4, -0.2) is 44.5 Å². The van der Waals surface area contributed by atoms with Gasteiger partial charge in [0.1, 0.15) is 0 Å². The zero-order chi connectivity index (χ0) is 17.0. The van der Waals surface area contributed by atoms with Gasteiger partial charge < -0.3 is 4.74 Å². The lowest BCUT2D eigenvalue weighted by atomic mass is 10.2. The average molecular weight is 347 g/mol. The van der Waals surface area contributed by atoms with Gasteiger partial charge in [0.25, 0.3) is 0 Å². The zero-order valence-electron chi connectivity index (χ0n) is 13.6. The number of aromatic nitrogens is 1.